The van der Waals surface area contributed by atoms with Crippen LogP contribution in [-0.2, 0) is 6.42 Å². The molecule has 2 heterocycles. The minimum atomic E-state index is 0.762. The van der Waals surface area contributed by atoms with Gasteiger partial charge in [0.15, 0.2) is 0 Å². The molecular weight excluding hydrogens is 312 g/mol. The summed E-state index contributed by atoms with van der Waals surface area (Å²) in [6, 6.07) is 11.9. The predicted molar refractivity (Wildman–Crippen MR) is 77.2 cm³/mol. The van der Waals surface area contributed by atoms with Crippen LogP contribution in [0.5, 0.6) is 0 Å². The number of benzene rings is 1. The first-order chi connectivity index (χ1) is 8.70. The third-order valence-electron chi connectivity index (χ3n) is 2.76. The van der Waals surface area contributed by atoms with Gasteiger partial charge in [0.25, 0.3) is 0 Å². The van der Waals surface area contributed by atoms with Gasteiger partial charge in [0.05, 0.1) is 5.69 Å². The zero-order chi connectivity index (χ0) is 12.5. The number of fused-ring (bicyclic) bond motifs is 1. The molecule has 0 atom stereocenters. The van der Waals surface area contributed by atoms with Gasteiger partial charge in [-0.15, -0.1) is 0 Å². The Labute approximate surface area is 118 Å². The summed E-state index contributed by atoms with van der Waals surface area (Å²) in [7, 11) is 0. The molecule has 3 aromatic rings. The number of halogens is 2. The van der Waals surface area contributed by atoms with E-state index in [0.717, 1.165) is 27.3 Å². The number of nitrogens with zero attached hydrogens (tertiary/aromatic N) is 2. The number of hydrogen-bond donors (Lipinski definition) is 0. The lowest BCUT2D eigenvalue weighted by Gasteiger charge is -1.97. The lowest BCUT2D eigenvalue weighted by Crippen LogP contribution is -1.87. The number of hydrogen-bond acceptors (Lipinski definition) is 1. The lowest BCUT2D eigenvalue weighted by molar-refractivity contribution is 1.11. The van der Waals surface area contributed by atoms with Crippen molar-refractivity contribution in [3.63, 3.8) is 0 Å². The molecule has 18 heavy (non-hydrogen) atoms. The van der Waals surface area contributed by atoms with E-state index in [1.54, 1.807) is 0 Å². The minimum absolute atomic E-state index is 0.762. The van der Waals surface area contributed by atoms with Gasteiger partial charge < -0.3 is 4.40 Å². The van der Waals surface area contributed by atoms with Crippen LogP contribution in [0.4, 0.5) is 0 Å². The molecule has 4 heteroatoms. The SMILES string of the molecule is Clc1ccc(Cc2cn3cc(Br)ccc3n2)cc1. The molecule has 0 saturated heterocycles. The molecule has 1 aromatic carbocycles. The maximum absolute atomic E-state index is 5.87. The molecule has 0 aliphatic rings. The van der Waals surface area contributed by atoms with Gasteiger partial charge in [-0.3, -0.25) is 0 Å². The standard InChI is InChI=1S/C14H10BrClN2/c15-11-3-6-14-17-13(9-18(14)8-11)7-10-1-4-12(16)5-2-10/h1-6,8-9H,7H2. The van der Waals surface area contributed by atoms with Crippen molar-refractivity contribution in [2.24, 2.45) is 0 Å². The van der Waals surface area contributed by atoms with Gasteiger partial charge in [-0.25, -0.2) is 4.98 Å². The Balaban J connectivity index is 1.92. The third kappa shape index (κ3) is 2.42. The first-order valence-corrected chi connectivity index (χ1v) is 6.75. The monoisotopic (exact) mass is 320 g/mol. The van der Waals surface area contributed by atoms with E-state index in [1.165, 1.54) is 5.56 Å². The van der Waals surface area contributed by atoms with Gasteiger partial charge in [-0.1, -0.05) is 23.7 Å². The van der Waals surface area contributed by atoms with Crippen LogP contribution in [0.2, 0.25) is 5.02 Å². The van der Waals surface area contributed by atoms with Crippen molar-refractivity contribution >= 4 is 33.2 Å². The van der Waals surface area contributed by atoms with Crippen LogP contribution in [0.25, 0.3) is 5.65 Å². The quantitative estimate of drug-likeness (QED) is 0.686. The highest BCUT2D eigenvalue weighted by Gasteiger charge is 2.03. The first kappa shape index (κ1) is 11.8. The number of aromatic nitrogens is 2. The molecule has 0 bridgehead atoms. The zero-order valence-corrected chi connectivity index (χ0v) is 11.8. The smallest absolute Gasteiger partial charge is 0.137 e. The van der Waals surface area contributed by atoms with E-state index >= 15 is 0 Å². The summed E-state index contributed by atoms with van der Waals surface area (Å²) in [6.45, 7) is 0. The maximum Gasteiger partial charge on any atom is 0.137 e. The number of pyridine rings is 1. The maximum atomic E-state index is 5.87. The molecule has 0 fully saturated rings. The Morgan fingerprint density at radius 3 is 2.61 bits per heavy atom. The summed E-state index contributed by atoms with van der Waals surface area (Å²) in [6.07, 6.45) is 4.87. The van der Waals surface area contributed by atoms with Crippen molar-refractivity contribution in [2.45, 2.75) is 6.42 Å². The Hall–Kier alpha value is -1.32. The molecule has 2 nitrogen and oxygen atoms in total. The molecule has 0 radical (unpaired) electrons. The van der Waals surface area contributed by atoms with Gasteiger partial charge in [0.2, 0.25) is 0 Å². The largest absolute Gasteiger partial charge is 0.306 e. The van der Waals surface area contributed by atoms with Crippen molar-refractivity contribution < 1.29 is 0 Å². The van der Waals surface area contributed by atoms with E-state index in [2.05, 4.69) is 27.1 Å². The molecule has 2 aromatic heterocycles. The fourth-order valence-electron chi connectivity index (χ4n) is 1.91. The Morgan fingerprint density at radius 2 is 1.83 bits per heavy atom. The Kier molecular flexibility index (Phi) is 3.10. The summed E-state index contributed by atoms with van der Waals surface area (Å²) in [5.74, 6) is 0. The molecule has 0 saturated carbocycles. The average molecular weight is 322 g/mol. The summed E-state index contributed by atoms with van der Waals surface area (Å²) in [5.41, 5.74) is 3.22. The van der Waals surface area contributed by atoms with Gasteiger partial charge >= 0.3 is 0 Å². The van der Waals surface area contributed by atoms with Gasteiger partial charge in [0, 0.05) is 28.3 Å². The summed E-state index contributed by atoms with van der Waals surface area (Å²) >= 11 is 9.32. The van der Waals surface area contributed by atoms with E-state index in [9.17, 15) is 0 Å². The highest BCUT2D eigenvalue weighted by Crippen LogP contribution is 2.16. The fraction of sp³-hybridized carbons (Fsp3) is 0.0714. The molecule has 0 aliphatic heterocycles. The van der Waals surface area contributed by atoms with Crippen molar-refractivity contribution in [1.82, 2.24) is 9.38 Å². The topological polar surface area (TPSA) is 17.3 Å². The molecule has 0 spiro atoms. The van der Waals surface area contributed by atoms with Crippen LogP contribution in [-0.4, -0.2) is 9.38 Å². The Morgan fingerprint density at radius 1 is 1.06 bits per heavy atom. The van der Waals surface area contributed by atoms with Crippen molar-refractivity contribution in [3.05, 3.63) is 69.5 Å². The van der Waals surface area contributed by atoms with E-state index < -0.39 is 0 Å². The van der Waals surface area contributed by atoms with Crippen molar-refractivity contribution in [3.8, 4) is 0 Å². The van der Waals surface area contributed by atoms with E-state index in [-0.39, 0.29) is 0 Å². The van der Waals surface area contributed by atoms with Crippen LogP contribution in [0.15, 0.2) is 53.3 Å². The van der Waals surface area contributed by atoms with Crippen molar-refractivity contribution in [2.75, 3.05) is 0 Å². The van der Waals surface area contributed by atoms with Crippen LogP contribution < -0.4 is 0 Å². The normalized spacial score (nSPS) is 11.0. The molecule has 0 N–H and O–H groups in total. The highest BCUT2D eigenvalue weighted by atomic mass is 79.9. The van der Waals surface area contributed by atoms with Crippen LogP contribution in [0.3, 0.4) is 0 Å². The molecule has 90 valence electrons. The van der Waals surface area contributed by atoms with Crippen LogP contribution >= 0.6 is 27.5 Å². The van der Waals surface area contributed by atoms with Crippen molar-refractivity contribution in [1.29, 1.82) is 0 Å². The average Bonchev–Trinajstić information content (AvgIpc) is 2.73. The number of rotatable bonds is 2. The second-order valence-corrected chi connectivity index (χ2v) is 5.50. The minimum Gasteiger partial charge on any atom is -0.306 e. The highest BCUT2D eigenvalue weighted by molar-refractivity contribution is 9.10. The Bertz CT molecular complexity index is 689. The molecular formula is C14H10BrClN2. The van der Waals surface area contributed by atoms with Gasteiger partial charge in [-0.05, 0) is 45.8 Å². The van der Waals surface area contributed by atoms with Crippen LogP contribution in [0.1, 0.15) is 11.3 Å². The third-order valence-corrected chi connectivity index (χ3v) is 3.48. The van der Waals surface area contributed by atoms with Gasteiger partial charge in [0.1, 0.15) is 5.65 Å². The molecule has 0 aliphatic carbocycles. The summed E-state index contributed by atoms with van der Waals surface area (Å²) in [4.78, 5) is 4.58. The second-order valence-electron chi connectivity index (χ2n) is 4.15. The first-order valence-electron chi connectivity index (χ1n) is 5.58. The summed E-state index contributed by atoms with van der Waals surface area (Å²) < 4.78 is 3.07. The molecule has 0 amide bonds. The number of imidazole rings is 1. The van der Waals surface area contributed by atoms with E-state index in [4.69, 9.17) is 11.6 Å². The van der Waals surface area contributed by atoms with Crippen LogP contribution in [0, 0.1) is 0 Å². The van der Waals surface area contributed by atoms with Gasteiger partial charge in [-0.2, -0.15) is 0 Å². The fourth-order valence-corrected chi connectivity index (χ4v) is 2.39. The van der Waals surface area contributed by atoms with E-state index in [0.29, 0.717) is 0 Å². The second kappa shape index (κ2) is 4.75. The molecule has 0 unspecified atom stereocenters. The lowest BCUT2D eigenvalue weighted by atomic mass is 10.1. The zero-order valence-electron chi connectivity index (χ0n) is 9.48. The molecule has 3 rings (SSSR count). The predicted octanol–water partition coefficient (Wildman–Crippen LogP) is 4.34. The van der Waals surface area contributed by atoms with E-state index in [1.807, 2.05) is 47.0 Å². The summed E-state index contributed by atoms with van der Waals surface area (Å²) in [5, 5.41) is 0.762.